The SMILES string of the molecule is O=C(NCCSc1ccccc1)C1CN(S(=O)(=O)c2ccc(Cl)cc2)c2ccccc2O1. The molecule has 0 bridgehead atoms. The van der Waals surface area contributed by atoms with Crippen LogP contribution in [0.15, 0.2) is 88.7 Å². The highest BCUT2D eigenvalue weighted by atomic mass is 35.5. The van der Waals surface area contributed by atoms with E-state index in [0.29, 0.717) is 28.8 Å². The highest BCUT2D eigenvalue weighted by Gasteiger charge is 2.37. The number of fused-ring (bicyclic) bond motifs is 1. The summed E-state index contributed by atoms with van der Waals surface area (Å²) in [4.78, 5) is 14.0. The molecule has 1 amide bonds. The Balaban J connectivity index is 1.48. The molecule has 0 aliphatic carbocycles. The Labute approximate surface area is 196 Å². The summed E-state index contributed by atoms with van der Waals surface area (Å²) in [6.45, 7) is 0.309. The molecule has 1 aliphatic heterocycles. The van der Waals surface area contributed by atoms with Crippen molar-refractivity contribution in [2.75, 3.05) is 23.1 Å². The monoisotopic (exact) mass is 488 g/mol. The van der Waals surface area contributed by atoms with Crippen LogP contribution in [0.2, 0.25) is 5.02 Å². The number of benzene rings is 3. The number of hydrogen-bond donors (Lipinski definition) is 1. The lowest BCUT2D eigenvalue weighted by Crippen LogP contribution is -2.51. The average molecular weight is 489 g/mol. The summed E-state index contributed by atoms with van der Waals surface area (Å²) in [5.41, 5.74) is 0.395. The van der Waals surface area contributed by atoms with E-state index in [1.807, 2.05) is 30.3 Å². The van der Waals surface area contributed by atoms with Crippen LogP contribution in [0.5, 0.6) is 5.75 Å². The number of halogens is 1. The summed E-state index contributed by atoms with van der Waals surface area (Å²) in [5, 5.41) is 3.29. The number of ether oxygens (including phenoxy) is 1. The third-order valence-corrected chi connectivity index (χ3v) is 7.90. The first kappa shape index (κ1) is 22.5. The van der Waals surface area contributed by atoms with Gasteiger partial charge in [0.05, 0.1) is 17.1 Å². The number of nitrogens with one attached hydrogen (secondary N) is 1. The Morgan fingerprint density at radius 3 is 2.47 bits per heavy atom. The number of amides is 1. The summed E-state index contributed by atoms with van der Waals surface area (Å²) < 4.78 is 33.7. The molecule has 1 aliphatic rings. The number of para-hydroxylation sites is 2. The molecule has 0 radical (unpaired) electrons. The molecular formula is C23H21ClN2O4S2. The summed E-state index contributed by atoms with van der Waals surface area (Å²) in [6, 6.07) is 22.6. The van der Waals surface area contributed by atoms with Crippen molar-refractivity contribution in [1.29, 1.82) is 0 Å². The van der Waals surface area contributed by atoms with E-state index in [4.69, 9.17) is 16.3 Å². The second-order valence-electron chi connectivity index (χ2n) is 7.02. The van der Waals surface area contributed by atoms with Crippen LogP contribution in [0.25, 0.3) is 0 Å². The first-order valence-electron chi connectivity index (χ1n) is 9.95. The molecular weight excluding hydrogens is 468 g/mol. The van der Waals surface area contributed by atoms with Crippen molar-refractivity contribution in [3.8, 4) is 5.75 Å². The zero-order valence-corrected chi connectivity index (χ0v) is 19.4. The van der Waals surface area contributed by atoms with Gasteiger partial charge in [0.15, 0.2) is 6.10 Å². The molecule has 0 saturated heterocycles. The number of carbonyl (C=O) groups is 1. The van der Waals surface area contributed by atoms with Gasteiger partial charge in [-0.25, -0.2) is 8.42 Å². The molecule has 3 aromatic rings. The van der Waals surface area contributed by atoms with Crippen LogP contribution in [0.4, 0.5) is 5.69 Å². The lowest BCUT2D eigenvalue weighted by Gasteiger charge is -2.34. The van der Waals surface area contributed by atoms with Gasteiger partial charge in [-0.1, -0.05) is 41.9 Å². The van der Waals surface area contributed by atoms with E-state index in [1.54, 1.807) is 36.0 Å². The zero-order valence-electron chi connectivity index (χ0n) is 17.0. The van der Waals surface area contributed by atoms with Crippen LogP contribution in [0, 0.1) is 0 Å². The molecule has 1 N–H and O–H groups in total. The Morgan fingerprint density at radius 2 is 1.72 bits per heavy atom. The Kier molecular flexibility index (Phi) is 6.93. The molecule has 9 heteroatoms. The molecule has 0 spiro atoms. The first-order chi connectivity index (χ1) is 15.4. The number of nitrogens with zero attached hydrogens (tertiary/aromatic N) is 1. The standard InChI is InChI=1S/C23H21ClN2O4S2/c24-17-10-12-19(13-11-17)32(28,29)26-16-22(30-21-9-5-4-8-20(21)26)23(27)25-14-15-31-18-6-2-1-3-7-18/h1-13,22H,14-16H2,(H,25,27). The lowest BCUT2D eigenvalue weighted by atomic mass is 10.2. The molecule has 1 unspecified atom stereocenters. The Morgan fingerprint density at radius 1 is 1.03 bits per heavy atom. The number of hydrogen-bond acceptors (Lipinski definition) is 5. The third kappa shape index (κ3) is 5.03. The van der Waals surface area contributed by atoms with Gasteiger partial charge in [0.2, 0.25) is 0 Å². The molecule has 0 aromatic heterocycles. The smallest absolute Gasteiger partial charge is 0.264 e. The number of anilines is 1. The van der Waals surface area contributed by atoms with Crippen molar-refractivity contribution in [3.05, 3.63) is 83.9 Å². The second kappa shape index (κ2) is 9.85. The van der Waals surface area contributed by atoms with Crippen LogP contribution < -0.4 is 14.4 Å². The second-order valence-corrected chi connectivity index (χ2v) is 10.5. The van der Waals surface area contributed by atoms with Crippen LogP contribution >= 0.6 is 23.4 Å². The van der Waals surface area contributed by atoms with Crippen molar-refractivity contribution in [1.82, 2.24) is 5.32 Å². The highest BCUT2D eigenvalue weighted by molar-refractivity contribution is 7.99. The van der Waals surface area contributed by atoms with Gasteiger partial charge in [0, 0.05) is 22.2 Å². The zero-order chi connectivity index (χ0) is 22.6. The molecule has 0 saturated carbocycles. The first-order valence-corrected chi connectivity index (χ1v) is 12.7. The summed E-state index contributed by atoms with van der Waals surface area (Å²) in [7, 11) is -3.91. The lowest BCUT2D eigenvalue weighted by molar-refractivity contribution is -0.127. The number of sulfonamides is 1. The van der Waals surface area contributed by atoms with E-state index < -0.39 is 16.1 Å². The van der Waals surface area contributed by atoms with E-state index in [-0.39, 0.29) is 17.3 Å². The number of carbonyl (C=O) groups excluding carboxylic acids is 1. The predicted molar refractivity (Wildman–Crippen MR) is 127 cm³/mol. The van der Waals surface area contributed by atoms with Crippen molar-refractivity contribution >= 4 is 45.0 Å². The summed E-state index contributed by atoms with van der Waals surface area (Å²) in [6.07, 6.45) is -0.964. The van der Waals surface area contributed by atoms with Crippen molar-refractivity contribution in [3.63, 3.8) is 0 Å². The fraction of sp³-hybridized carbons (Fsp3) is 0.174. The van der Waals surface area contributed by atoms with Gasteiger partial charge >= 0.3 is 0 Å². The fourth-order valence-electron chi connectivity index (χ4n) is 3.27. The van der Waals surface area contributed by atoms with E-state index in [2.05, 4.69) is 5.32 Å². The van der Waals surface area contributed by atoms with Crippen LogP contribution in [0.1, 0.15) is 0 Å². The van der Waals surface area contributed by atoms with E-state index in [9.17, 15) is 13.2 Å². The molecule has 1 atom stereocenters. The molecule has 3 aromatic carbocycles. The maximum atomic E-state index is 13.3. The van der Waals surface area contributed by atoms with Crippen molar-refractivity contribution in [2.24, 2.45) is 0 Å². The summed E-state index contributed by atoms with van der Waals surface area (Å²) in [5.74, 6) is 0.672. The maximum absolute atomic E-state index is 13.3. The van der Waals surface area contributed by atoms with Gasteiger partial charge in [-0.2, -0.15) is 0 Å². The molecule has 6 nitrogen and oxygen atoms in total. The van der Waals surface area contributed by atoms with Gasteiger partial charge in [0.25, 0.3) is 15.9 Å². The van der Waals surface area contributed by atoms with Gasteiger partial charge in [-0.3, -0.25) is 9.10 Å². The Hall–Kier alpha value is -2.68. The van der Waals surface area contributed by atoms with Crippen molar-refractivity contribution in [2.45, 2.75) is 15.9 Å². The third-order valence-electron chi connectivity index (χ3n) is 4.84. The highest BCUT2D eigenvalue weighted by Crippen LogP contribution is 2.37. The molecule has 166 valence electrons. The maximum Gasteiger partial charge on any atom is 0.264 e. The van der Waals surface area contributed by atoms with Gasteiger partial charge < -0.3 is 10.1 Å². The topological polar surface area (TPSA) is 75.7 Å². The molecule has 4 rings (SSSR count). The summed E-state index contributed by atoms with van der Waals surface area (Å²) >= 11 is 7.54. The normalized spacial score (nSPS) is 15.5. The Bertz CT molecular complexity index is 1190. The van der Waals surface area contributed by atoms with Gasteiger partial charge in [-0.15, -0.1) is 11.8 Å². The van der Waals surface area contributed by atoms with E-state index >= 15 is 0 Å². The molecule has 1 heterocycles. The van der Waals surface area contributed by atoms with Crippen LogP contribution in [0.3, 0.4) is 0 Å². The van der Waals surface area contributed by atoms with Crippen LogP contribution in [-0.2, 0) is 14.8 Å². The minimum Gasteiger partial charge on any atom is -0.476 e. The minimum absolute atomic E-state index is 0.0945. The number of rotatable bonds is 7. The molecule has 32 heavy (non-hydrogen) atoms. The van der Waals surface area contributed by atoms with Crippen LogP contribution in [-0.4, -0.2) is 39.3 Å². The van der Waals surface area contributed by atoms with Gasteiger partial charge in [-0.05, 0) is 48.5 Å². The average Bonchev–Trinajstić information content (AvgIpc) is 2.82. The quantitative estimate of drug-likeness (QED) is 0.398. The van der Waals surface area contributed by atoms with E-state index in [1.165, 1.54) is 28.6 Å². The minimum atomic E-state index is -3.91. The largest absolute Gasteiger partial charge is 0.476 e. The molecule has 0 fully saturated rings. The number of thioether (sulfide) groups is 1. The fourth-order valence-corrected chi connectivity index (χ4v) is 5.67. The predicted octanol–water partition coefficient (Wildman–Crippen LogP) is 4.20. The van der Waals surface area contributed by atoms with Crippen molar-refractivity contribution < 1.29 is 17.9 Å². The van der Waals surface area contributed by atoms with E-state index in [0.717, 1.165) is 4.90 Å². The van der Waals surface area contributed by atoms with Gasteiger partial charge in [0.1, 0.15) is 5.75 Å².